The fraction of sp³-hybridized carbons (Fsp3) is 0.375. The third kappa shape index (κ3) is 2.81. The van der Waals surface area contributed by atoms with Crippen LogP contribution in [0.25, 0.3) is 0 Å². The summed E-state index contributed by atoms with van der Waals surface area (Å²) in [6, 6.07) is 1.85. The molecule has 0 spiro atoms. The predicted molar refractivity (Wildman–Crippen MR) is 84.2 cm³/mol. The van der Waals surface area contributed by atoms with Gasteiger partial charge in [-0.05, 0) is 37.5 Å². The topological polar surface area (TPSA) is 98.9 Å². The number of pyridine rings is 1. The molecular formula is C16H18N4O3. The molecule has 3 heterocycles. The molecule has 0 aromatic carbocycles. The van der Waals surface area contributed by atoms with Gasteiger partial charge in [-0.25, -0.2) is 4.79 Å². The number of nitrogens with zero attached hydrogens (tertiary/aromatic N) is 2. The largest absolute Gasteiger partial charge is 0.336 e. The van der Waals surface area contributed by atoms with Gasteiger partial charge >= 0.3 is 5.69 Å². The first-order valence-electron chi connectivity index (χ1n) is 7.51. The molecule has 0 aliphatic carbocycles. The number of hydrogen-bond acceptors (Lipinski definition) is 4. The molecule has 1 unspecified atom stereocenters. The molecule has 2 aromatic rings. The number of carbonyl (C=O) groups excluding carboxylic acids is 1. The van der Waals surface area contributed by atoms with Gasteiger partial charge in [-0.1, -0.05) is 0 Å². The number of fused-ring (bicyclic) bond motifs is 1. The van der Waals surface area contributed by atoms with Crippen molar-refractivity contribution in [1.82, 2.24) is 19.9 Å². The van der Waals surface area contributed by atoms with E-state index in [9.17, 15) is 14.4 Å². The smallest absolute Gasteiger partial charge is 0.325 e. The summed E-state index contributed by atoms with van der Waals surface area (Å²) in [5.74, 6) is -0.320. The Kier molecular flexibility index (Phi) is 3.85. The van der Waals surface area contributed by atoms with Crippen LogP contribution in [-0.2, 0) is 17.8 Å². The van der Waals surface area contributed by atoms with Gasteiger partial charge < -0.3 is 9.88 Å². The number of hydrogen-bond donors (Lipinski definition) is 2. The average Bonchev–Trinajstić information content (AvgIpc) is 2.53. The van der Waals surface area contributed by atoms with E-state index in [-0.39, 0.29) is 23.9 Å². The Morgan fingerprint density at radius 1 is 1.35 bits per heavy atom. The van der Waals surface area contributed by atoms with Crippen molar-refractivity contribution in [1.29, 1.82) is 0 Å². The maximum Gasteiger partial charge on any atom is 0.325 e. The van der Waals surface area contributed by atoms with Crippen LogP contribution in [0.2, 0.25) is 0 Å². The lowest BCUT2D eigenvalue weighted by Gasteiger charge is -2.30. The van der Waals surface area contributed by atoms with E-state index in [2.05, 4.69) is 15.0 Å². The lowest BCUT2D eigenvalue weighted by molar-refractivity contribution is -0.133. The molecule has 2 N–H and O–H groups in total. The Balaban J connectivity index is 1.86. The van der Waals surface area contributed by atoms with Gasteiger partial charge in [0.15, 0.2) is 0 Å². The van der Waals surface area contributed by atoms with Crippen LogP contribution in [0.15, 0.2) is 28.0 Å². The van der Waals surface area contributed by atoms with E-state index < -0.39 is 5.69 Å². The molecule has 7 nitrogen and oxygen atoms in total. The van der Waals surface area contributed by atoms with Gasteiger partial charge in [0.25, 0.3) is 5.56 Å². The summed E-state index contributed by atoms with van der Waals surface area (Å²) in [5.41, 5.74) is 2.08. The standard InChI is InChI=1S/C16H18N4O3/c1-9-7-17-5-3-11(9)10(2)15(22)20-6-4-12-13(8-20)18-16(23)19-14(12)21/h3,5,7,10H,4,6,8H2,1-2H3,(H2,18,19,21,23). The molecule has 1 aliphatic rings. The summed E-state index contributed by atoms with van der Waals surface area (Å²) in [6.07, 6.45) is 3.85. The van der Waals surface area contributed by atoms with Crippen LogP contribution in [0.3, 0.4) is 0 Å². The van der Waals surface area contributed by atoms with E-state index >= 15 is 0 Å². The van der Waals surface area contributed by atoms with Crippen LogP contribution in [0.4, 0.5) is 0 Å². The van der Waals surface area contributed by atoms with Crippen molar-refractivity contribution in [3.8, 4) is 0 Å². The maximum atomic E-state index is 12.8. The fourth-order valence-electron chi connectivity index (χ4n) is 3.04. The molecule has 120 valence electrons. The zero-order valence-electron chi connectivity index (χ0n) is 13.0. The number of nitrogens with one attached hydrogen (secondary N) is 2. The molecule has 0 bridgehead atoms. The molecule has 0 saturated carbocycles. The van der Waals surface area contributed by atoms with E-state index in [1.54, 1.807) is 17.3 Å². The molecule has 0 fully saturated rings. The third-order valence-corrected chi connectivity index (χ3v) is 4.32. The second-order valence-electron chi connectivity index (χ2n) is 5.83. The summed E-state index contributed by atoms with van der Waals surface area (Å²) in [5, 5.41) is 0. The highest BCUT2D eigenvalue weighted by Gasteiger charge is 2.27. The third-order valence-electron chi connectivity index (χ3n) is 4.32. The van der Waals surface area contributed by atoms with Gasteiger partial charge in [0, 0.05) is 30.2 Å². The van der Waals surface area contributed by atoms with Crippen molar-refractivity contribution in [2.24, 2.45) is 0 Å². The molecular weight excluding hydrogens is 296 g/mol. The zero-order chi connectivity index (χ0) is 16.6. The maximum absolute atomic E-state index is 12.8. The van der Waals surface area contributed by atoms with Gasteiger partial charge in [-0.3, -0.25) is 19.6 Å². The SMILES string of the molecule is Cc1cnccc1C(C)C(=O)N1CCc2c([nH]c(=O)[nH]c2=O)C1. The number of rotatable bonds is 2. The van der Waals surface area contributed by atoms with E-state index in [0.717, 1.165) is 11.1 Å². The predicted octanol–water partition coefficient (Wildman–Crippen LogP) is 0.455. The number of aryl methyl sites for hydroxylation is 1. The monoisotopic (exact) mass is 314 g/mol. The summed E-state index contributed by atoms with van der Waals surface area (Å²) >= 11 is 0. The molecule has 1 atom stereocenters. The molecule has 3 rings (SSSR count). The van der Waals surface area contributed by atoms with Crippen molar-refractivity contribution >= 4 is 5.91 Å². The van der Waals surface area contributed by atoms with E-state index in [4.69, 9.17) is 0 Å². The first-order valence-corrected chi connectivity index (χ1v) is 7.51. The van der Waals surface area contributed by atoms with Crippen LogP contribution in [0.1, 0.15) is 35.2 Å². The number of carbonyl (C=O) groups is 1. The quantitative estimate of drug-likeness (QED) is 0.841. The van der Waals surface area contributed by atoms with Gasteiger partial charge in [-0.15, -0.1) is 0 Å². The highest BCUT2D eigenvalue weighted by Crippen LogP contribution is 2.23. The van der Waals surface area contributed by atoms with Crippen molar-refractivity contribution in [2.75, 3.05) is 6.54 Å². The van der Waals surface area contributed by atoms with Gasteiger partial charge in [-0.2, -0.15) is 0 Å². The second-order valence-corrected chi connectivity index (χ2v) is 5.83. The molecule has 2 aromatic heterocycles. The molecule has 7 heteroatoms. The number of amides is 1. The number of aromatic amines is 2. The molecule has 1 amide bonds. The average molecular weight is 314 g/mol. The Hall–Kier alpha value is -2.70. The fourth-order valence-corrected chi connectivity index (χ4v) is 3.04. The summed E-state index contributed by atoms with van der Waals surface area (Å²) in [4.78, 5) is 46.5. The van der Waals surface area contributed by atoms with Crippen molar-refractivity contribution in [2.45, 2.75) is 32.7 Å². The van der Waals surface area contributed by atoms with Crippen molar-refractivity contribution in [3.05, 3.63) is 61.7 Å². The summed E-state index contributed by atoms with van der Waals surface area (Å²) in [7, 11) is 0. The van der Waals surface area contributed by atoms with Gasteiger partial charge in [0.1, 0.15) is 0 Å². The molecule has 23 heavy (non-hydrogen) atoms. The first kappa shape index (κ1) is 15.2. The van der Waals surface area contributed by atoms with Crippen LogP contribution < -0.4 is 11.2 Å². The zero-order valence-corrected chi connectivity index (χ0v) is 13.0. The van der Waals surface area contributed by atoms with E-state index in [0.29, 0.717) is 24.2 Å². The first-order chi connectivity index (χ1) is 11.0. The number of aromatic nitrogens is 3. The minimum atomic E-state index is -0.541. The van der Waals surface area contributed by atoms with Gasteiger partial charge in [0.2, 0.25) is 5.91 Å². The summed E-state index contributed by atoms with van der Waals surface area (Å²) < 4.78 is 0. The van der Waals surface area contributed by atoms with Gasteiger partial charge in [0.05, 0.1) is 12.5 Å². The molecule has 0 saturated heterocycles. The normalized spacial score (nSPS) is 15.1. The van der Waals surface area contributed by atoms with Crippen LogP contribution in [0.5, 0.6) is 0 Å². The lowest BCUT2D eigenvalue weighted by Crippen LogP contribution is -2.42. The summed E-state index contributed by atoms with van der Waals surface area (Å²) in [6.45, 7) is 4.51. The van der Waals surface area contributed by atoms with E-state index in [1.807, 2.05) is 19.9 Å². The Labute approximate surface area is 132 Å². The number of H-pyrrole nitrogens is 2. The second kappa shape index (κ2) is 5.83. The van der Waals surface area contributed by atoms with Crippen LogP contribution in [-0.4, -0.2) is 32.3 Å². The van der Waals surface area contributed by atoms with Crippen LogP contribution >= 0.6 is 0 Å². The van der Waals surface area contributed by atoms with E-state index in [1.165, 1.54) is 0 Å². The highest BCUT2D eigenvalue weighted by atomic mass is 16.2. The Morgan fingerprint density at radius 3 is 2.87 bits per heavy atom. The minimum Gasteiger partial charge on any atom is -0.336 e. The van der Waals surface area contributed by atoms with Crippen molar-refractivity contribution < 1.29 is 4.79 Å². The minimum absolute atomic E-state index is 0.0221. The Bertz CT molecular complexity index is 868. The molecule has 1 aliphatic heterocycles. The Morgan fingerprint density at radius 2 is 2.13 bits per heavy atom. The van der Waals surface area contributed by atoms with Crippen LogP contribution in [0, 0.1) is 6.92 Å². The van der Waals surface area contributed by atoms with Crippen molar-refractivity contribution in [3.63, 3.8) is 0 Å². The molecule has 0 radical (unpaired) electrons. The lowest BCUT2D eigenvalue weighted by atomic mass is 9.95. The highest BCUT2D eigenvalue weighted by molar-refractivity contribution is 5.83.